The zero-order valence-electron chi connectivity index (χ0n) is 15.8. The molecular weight excluding hydrogens is 395 g/mol. The highest BCUT2D eigenvalue weighted by molar-refractivity contribution is 7.87. The number of amides is 1. The zero-order chi connectivity index (χ0) is 21.1. The number of nitrogens with zero attached hydrogens (tertiary/aromatic N) is 1. The first-order valence-electron chi connectivity index (χ1n) is 7.85. The molecule has 0 aromatic carbocycles. The Balaban J connectivity index is 3.25. The number of carbonyl (C=O) groups excluding carboxylic acids is 1. The summed E-state index contributed by atoms with van der Waals surface area (Å²) < 4.78 is 80.7. The summed E-state index contributed by atoms with van der Waals surface area (Å²) in [6, 6.07) is 0. The van der Waals surface area contributed by atoms with E-state index < -0.39 is 38.5 Å². The average Bonchev–Trinajstić information content (AvgIpc) is 2.46. The molecule has 0 bridgehead atoms. The van der Waals surface area contributed by atoms with Gasteiger partial charge in [0, 0.05) is 27.3 Å². The third kappa shape index (κ3) is 5.98. The van der Waals surface area contributed by atoms with Gasteiger partial charge in [-0.1, -0.05) is 0 Å². The quantitative estimate of drug-likeness (QED) is 0.482. The van der Waals surface area contributed by atoms with Gasteiger partial charge in [-0.2, -0.15) is 21.6 Å². The van der Waals surface area contributed by atoms with Crippen LogP contribution in [-0.4, -0.2) is 71.0 Å². The summed E-state index contributed by atoms with van der Waals surface area (Å²) in [5.74, 6) is -0.497. The van der Waals surface area contributed by atoms with Crippen molar-refractivity contribution in [3.8, 4) is 0 Å². The molecule has 0 saturated carbocycles. The third-order valence-corrected chi connectivity index (χ3v) is 4.46. The smallest absolute Gasteiger partial charge is 0.444 e. The second-order valence-electron chi connectivity index (χ2n) is 7.06. The molecule has 1 aliphatic heterocycles. The first kappa shape index (κ1) is 23.5. The number of ether oxygens (including phenoxy) is 3. The summed E-state index contributed by atoms with van der Waals surface area (Å²) >= 11 is 0. The van der Waals surface area contributed by atoms with E-state index in [1.807, 2.05) is 0 Å². The SMILES string of the molecule is COCC1(COC)CN(C(=O)OC(C)(C)C)CC=C1OS(=O)(=O)C(F)(F)F. The molecule has 0 atom stereocenters. The van der Waals surface area contributed by atoms with Crippen LogP contribution >= 0.6 is 0 Å². The van der Waals surface area contributed by atoms with Crippen LogP contribution in [0, 0.1) is 5.41 Å². The normalized spacial score (nSPS) is 18.1. The fourth-order valence-electron chi connectivity index (χ4n) is 2.50. The van der Waals surface area contributed by atoms with Crippen LogP contribution in [0.3, 0.4) is 0 Å². The third-order valence-electron chi connectivity index (χ3n) is 3.49. The summed E-state index contributed by atoms with van der Waals surface area (Å²) in [6.07, 6.45) is 0.363. The lowest BCUT2D eigenvalue weighted by Gasteiger charge is -2.41. The van der Waals surface area contributed by atoms with Crippen molar-refractivity contribution in [2.24, 2.45) is 5.41 Å². The maximum atomic E-state index is 12.7. The van der Waals surface area contributed by atoms with E-state index in [0.29, 0.717) is 0 Å². The molecule has 0 fully saturated rings. The summed E-state index contributed by atoms with van der Waals surface area (Å²) in [6.45, 7) is 4.06. The van der Waals surface area contributed by atoms with Crippen LogP contribution < -0.4 is 0 Å². The van der Waals surface area contributed by atoms with Gasteiger partial charge in [0.15, 0.2) is 0 Å². The molecule has 0 aliphatic carbocycles. The molecule has 1 heterocycles. The minimum Gasteiger partial charge on any atom is -0.444 e. The van der Waals surface area contributed by atoms with Gasteiger partial charge in [0.05, 0.1) is 18.6 Å². The van der Waals surface area contributed by atoms with Crippen LogP contribution in [0.25, 0.3) is 0 Å². The molecule has 0 saturated heterocycles. The first-order valence-corrected chi connectivity index (χ1v) is 9.25. The van der Waals surface area contributed by atoms with Crippen LogP contribution in [0.2, 0.25) is 0 Å². The van der Waals surface area contributed by atoms with Crippen molar-refractivity contribution in [2.75, 3.05) is 40.5 Å². The van der Waals surface area contributed by atoms with E-state index in [4.69, 9.17) is 14.2 Å². The fourth-order valence-corrected chi connectivity index (χ4v) is 3.07. The lowest BCUT2D eigenvalue weighted by atomic mass is 9.84. The van der Waals surface area contributed by atoms with Crippen LogP contribution in [0.4, 0.5) is 18.0 Å². The van der Waals surface area contributed by atoms with Crippen LogP contribution in [-0.2, 0) is 28.5 Å². The van der Waals surface area contributed by atoms with Gasteiger partial charge in [-0.25, -0.2) is 4.79 Å². The Kier molecular flexibility index (Phi) is 7.17. The summed E-state index contributed by atoms with van der Waals surface area (Å²) in [7, 11) is -3.33. The molecular formula is C15H24F3NO7S. The van der Waals surface area contributed by atoms with E-state index in [1.54, 1.807) is 20.8 Å². The monoisotopic (exact) mass is 419 g/mol. The van der Waals surface area contributed by atoms with Gasteiger partial charge < -0.3 is 23.3 Å². The molecule has 8 nitrogen and oxygen atoms in total. The Bertz CT molecular complexity index is 662. The number of rotatable bonds is 6. The van der Waals surface area contributed by atoms with Gasteiger partial charge in [-0.3, -0.25) is 0 Å². The Morgan fingerprint density at radius 2 is 1.70 bits per heavy atom. The van der Waals surface area contributed by atoms with Crippen molar-refractivity contribution in [1.29, 1.82) is 0 Å². The molecule has 1 amide bonds. The number of alkyl halides is 3. The van der Waals surface area contributed by atoms with E-state index in [-0.39, 0.29) is 26.3 Å². The van der Waals surface area contributed by atoms with Gasteiger partial charge in [-0.15, -0.1) is 0 Å². The Morgan fingerprint density at radius 3 is 2.11 bits per heavy atom. The predicted octanol–water partition coefficient (Wildman–Crippen LogP) is 2.27. The summed E-state index contributed by atoms with van der Waals surface area (Å²) in [5, 5.41) is 0. The summed E-state index contributed by atoms with van der Waals surface area (Å²) in [5.41, 5.74) is -7.85. The van der Waals surface area contributed by atoms with E-state index in [1.165, 1.54) is 19.1 Å². The minimum atomic E-state index is -5.89. The first-order chi connectivity index (χ1) is 12.2. The van der Waals surface area contributed by atoms with Crippen molar-refractivity contribution in [3.05, 3.63) is 11.8 Å². The average molecular weight is 419 g/mol. The van der Waals surface area contributed by atoms with E-state index >= 15 is 0 Å². The highest BCUT2D eigenvalue weighted by Gasteiger charge is 2.52. The lowest BCUT2D eigenvalue weighted by molar-refractivity contribution is -0.0592. The predicted molar refractivity (Wildman–Crippen MR) is 88.1 cm³/mol. The number of methoxy groups -OCH3 is 2. The van der Waals surface area contributed by atoms with E-state index in [2.05, 4.69) is 4.18 Å². The molecule has 1 aliphatic rings. The van der Waals surface area contributed by atoms with Gasteiger partial charge >= 0.3 is 21.7 Å². The molecule has 0 spiro atoms. The maximum Gasteiger partial charge on any atom is 0.534 e. The van der Waals surface area contributed by atoms with Crippen LogP contribution in [0.1, 0.15) is 20.8 Å². The van der Waals surface area contributed by atoms with Crippen molar-refractivity contribution >= 4 is 16.2 Å². The number of carbonyl (C=O) groups is 1. The second-order valence-corrected chi connectivity index (χ2v) is 8.60. The molecule has 0 N–H and O–H groups in total. The largest absolute Gasteiger partial charge is 0.534 e. The minimum absolute atomic E-state index is 0.202. The number of hydrogen-bond acceptors (Lipinski definition) is 7. The van der Waals surface area contributed by atoms with Crippen molar-refractivity contribution in [1.82, 2.24) is 4.90 Å². The highest BCUT2D eigenvalue weighted by atomic mass is 32.2. The molecule has 1 rings (SSSR count). The number of hydrogen-bond donors (Lipinski definition) is 0. The van der Waals surface area contributed by atoms with Crippen LogP contribution in [0.5, 0.6) is 0 Å². The van der Waals surface area contributed by atoms with E-state index in [0.717, 1.165) is 6.08 Å². The lowest BCUT2D eigenvalue weighted by Crippen LogP contribution is -2.52. The van der Waals surface area contributed by atoms with Crippen molar-refractivity contribution < 1.29 is 44.8 Å². The molecule has 0 radical (unpaired) electrons. The van der Waals surface area contributed by atoms with E-state index in [9.17, 15) is 26.4 Å². The van der Waals surface area contributed by atoms with Gasteiger partial charge in [0.25, 0.3) is 0 Å². The Morgan fingerprint density at radius 1 is 1.19 bits per heavy atom. The molecule has 0 aromatic rings. The summed E-state index contributed by atoms with van der Waals surface area (Å²) in [4.78, 5) is 13.5. The topological polar surface area (TPSA) is 91.4 Å². The fraction of sp³-hybridized carbons (Fsp3) is 0.800. The van der Waals surface area contributed by atoms with Crippen molar-refractivity contribution in [2.45, 2.75) is 31.9 Å². The molecule has 12 heteroatoms. The molecule has 0 aromatic heterocycles. The standard InChI is InChI=1S/C15H24F3NO7S/c1-13(2,3)25-12(20)19-7-6-11(26-27(21,22)15(16,17)18)14(8-19,9-23-4)10-24-5/h6H,7-10H2,1-5H3. The van der Waals surface area contributed by atoms with Gasteiger partial charge in [0.2, 0.25) is 0 Å². The van der Waals surface area contributed by atoms with Crippen LogP contribution in [0.15, 0.2) is 11.8 Å². The maximum absolute atomic E-state index is 12.7. The zero-order valence-corrected chi connectivity index (χ0v) is 16.6. The van der Waals surface area contributed by atoms with Crippen molar-refractivity contribution in [3.63, 3.8) is 0 Å². The molecule has 27 heavy (non-hydrogen) atoms. The number of halogens is 3. The Labute approximate surface area is 156 Å². The Hall–Kier alpha value is -1.53. The molecule has 158 valence electrons. The molecule has 0 unspecified atom stereocenters. The van der Waals surface area contributed by atoms with Gasteiger partial charge in [0.1, 0.15) is 11.4 Å². The second kappa shape index (κ2) is 8.23. The highest BCUT2D eigenvalue weighted by Crippen LogP contribution is 2.38. The van der Waals surface area contributed by atoms with Gasteiger partial charge in [-0.05, 0) is 26.8 Å².